The fourth-order valence-electron chi connectivity index (χ4n) is 3.08. The molecule has 5 heteroatoms. The molecule has 1 fully saturated rings. The molecule has 2 aromatic rings. The number of imidazole rings is 1. The van der Waals surface area contributed by atoms with Crippen LogP contribution in [0.15, 0.2) is 41.5 Å². The third kappa shape index (κ3) is 2.08. The minimum atomic E-state index is -0.755. The highest BCUT2D eigenvalue weighted by atomic mass is 16.4. The molecule has 1 saturated carbocycles. The number of carboxylic acids is 1. The predicted octanol–water partition coefficient (Wildman–Crippen LogP) is 2.73. The average Bonchev–Trinajstić information content (AvgIpc) is 2.80. The van der Waals surface area contributed by atoms with E-state index in [1.165, 1.54) is 0 Å². The Morgan fingerprint density at radius 1 is 1.18 bits per heavy atom. The van der Waals surface area contributed by atoms with E-state index in [0.29, 0.717) is 12.8 Å². The largest absolute Gasteiger partial charge is 0.481 e. The first-order chi connectivity index (χ1) is 10.5. The van der Waals surface area contributed by atoms with Gasteiger partial charge in [-0.1, -0.05) is 18.6 Å². The lowest BCUT2D eigenvalue weighted by Crippen LogP contribution is -2.42. The lowest BCUT2D eigenvalue weighted by molar-refractivity contribution is -0.147. The van der Waals surface area contributed by atoms with Crippen molar-refractivity contribution in [1.82, 2.24) is 9.13 Å². The topological polar surface area (TPSA) is 64.2 Å². The Hall–Kier alpha value is -2.30. The van der Waals surface area contributed by atoms with Crippen molar-refractivity contribution in [3.8, 4) is 5.69 Å². The SMILES string of the molecule is CC(C)n1ccn(-c2ccc(C3(C(=O)O)CCC3)cc2)c1=O. The van der Waals surface area contributed by atoms with Gasteiger partial charge in [-0.15, -0.1) is 0 Å². The Balaban J connectivity index is 1.96. The summed E-state index contributed by atoms with van der Waals surface area (Å²) < 4.78 is 3.25. The number of aliphatic carboxylic acids is 1. The number of nitrogens with zero attached hydrogens (tertiary/aromatic N) is 2. The van der Waals surface area contributed by atoms with Gasteiger partial charge >= 0.3 is 11.7 Å². The van der Waals surface area contributed by atoms with Crippen LogP contribution < -0.4 is 5.69 Å². The monoisotopic (exact) mass is 300 g/mol. The number of hydrogen-bond acceptors (Lipinski definition) is 2. The fraction of sp³-hybridized carbons (Fsp3) is 0.412. The lowest BCUT2D eigenvalue weighted by Gasteiger charge is -2.38. The normalized spacial score (nSPS) is 16.5. The van der Waals surface area contributed by atoms with Gasteiger partial charge in [-0.05, 0) is 44.4 Å². The Bertz CT molecular complexity index is 749. The molecule has 3 rings (SSSR count). The van der Waals surface area contributed by atoms with Crippen molar-refractivity contribution in [2.24, 2.45) is 0 Å². The highest BCUT2D eigenvalue weighted by Crippen LogP contribution is 2.44. The maximum atomic E-state index is 12.3. The van der Waals surface area contributed by atoms with E-state index >= 15 is 0 Å². The average molecular weight is 300 g/mol. The molecule has 1 aromatic heterocycles. The number of rotatable bonds is 4. The number of carbonyl (C=O) groups is 1. The Labute approximate surface area is 128 Å². The molecule has 0 bridgehead atoms. The summed E-state index contributed by atoms with van der Waals surface area (Å²) in [6.45, 7) is 3.92. The summed E-state index contributed by atoms with van der Waals surface area (Å²) >= 11 is 0. The van der Waals surface area contributed by atoms with E-state index < -0.39 is 11.4 Å². The molecule has 0 radical (unpaired) electrons. The highest BCUT2D eigenvalue weighted by molar-refractivity contribution is 5.82. The second-order valence-electron chi connectivity index (χ2n) is 6.24. The highest BCUT2D eigenvalue weighted by Gasteiger charge is 2.45. The van der Waals surface area contributed by atoms with Gasteiger partial charge in [0.15, 0.2) is 0 Å². The molecule has 0 atom stereocenters. The van der Waals surface area contributed by atoms with Crippen molar-refractivity contribution in [2.45, 2.75) is 44.6 Å². The van der Waals surface area contributed by atoms with Crippen LogP contribution in [0.1, 0.15) is 44.7 Å². The molecule has 116 valence electrons. The van der Waals surface area contributed by atoms with Crippen LogP contribution in [0.2, 0.25) is 0 Å². The summed E-state index contributed by atoms with van der Waals surface area (Å²) in [6.07, 6.45) is 5.83. The van der Waals surface area contributed by atoms with E-state index in [4.69, 9.17) is 0 Å². The minimum absolute atomic E-state index is 0.0839. The molecule has 1 aliphatic rings. The second-order valence-corrected chi connectivity index (χ2v) is 6.24. The first-order valence-electron chi connectivity index (χ1n) is 7.59. The molecule has 1 N–H and O–H groups in total. The van der Waals surface area contributed by atoms with Crippen LogP contribution in [0, 0.1) is 0 Å². The van der Waals surface area contributed by atoms with Crippen LogP contribution in [0.3, 0.4) is 0 Å². The Morgan fingerprint density at radius 3 is 2.23 bits per heavy atom. The molecule has 0 aliphatic heterocycles. The van der Waals surface area contributed by atoms with E-state index in [0.717, 1.165) is 17.7 Å². The zero-order chi connectivity index (χ0) is 15.9. The second kappa shape index (κ2) is 5.16. The summed E-state index contributed by atoms with van der Waals surface area (Å²) in [7, 11) is 0. The van der Waals surface area contributed by atoms with E-state index in [-0.39, 0.29) is 11.7 Å². The van der Waals surface area contributed by atoms with Crippen molar-refractivity contribution in [2.75, 3.05) is 0 Å². The third-order valence-corrected chi connectivity index (χ3v) is 4.67. The minimum Gasteiger partial charge on any atom is -0.481 e. The van der Waals surface area contributed by atoms with Crippen molar-refractivity contribution in [3.05, 3.63) is 52.7 Å². The van der Waals surface area contributed by atoms with Gasteiger partial charge in [0.2, 0.25) is 0 Å². The van der Waals surface area contributed by atoms with Crippen LogP contribution in [0.25, 0.3) is 5.69 Å². The number of benzene rings is 1. The summed E-state index contributed by atoms with van der Waals surface area (Å²) in [5, 5.41) is 9.47. The zero-order valence-electron chi connectivity index (χ0n) is 12.8. The molecular weight excluding hydrogens is 280 g/mol. The van der Waals surface area contributed by atoms with Gasteiger partial charge in [0.1, 0.15) is 0 Å². The first-order valence-corrected chi connectivity index (χ1v) is 7.59. The van der Waals surface area contributed by atoms with Crippen LogP contribution in [-0.4, -0.2) is 20.2 Å². The van der Waals surface area contributed by atoms with Gasteiger partial charge in [0, 0.05) is 18.4 Å². The molecule has 5 nitrogen and oxygen atoms in total. The third-order valence-electron chi connectivity index (χ3n) is 4.67. The summed E-state index contributed by atoms with van der Waals surface area (Å²) in [5.41, 5.74) is 0.770. The standard InChI is InChI=1S/C17H20N2O3/c1-12(2)18-10-11-19(16(18)22)14-6-4-13(5-7-14)17(15(20)21)8-3-9-17/h4-7,10-12H,3,8-9H2,1-2H3,(H,20,21). The lowest BCUT2D eigenvalue weighted by atomic mass is 9.64. The summed E-state index contributed by atoms with van der Waals surface area (Å²) in [4.78, 5) is 23.8. The van der Waals surface area contributed by atoms with E-state index in [1.54, 1.807) is 21.5 Å². The van der Waals surface area contributed by atoms with Crippen LogP contribution >= 0.6 is 0 Å². The van der Waals surface area contributed by atoms with E-state index in [2.05, 4.69) is 0 Å². The van der Waals surface area contributed by atoms with Gasteiger partial charge in [-0.2, -0.15) is 0 Å². The zero-order valence-corrected chi connectivity index (χ0v) is 12.8. The van der Waals surface area contributed by atoms with Crippen LogP contribution in [0.4, 0.5) is 0 Å². The van der Waals surface area contributed by atoms with Crippen molar-refractivity contribution < 1.29 is 9.90 Å². The maximum absolute atomic E-state index is 12.3. The van der Waals surface area contributed by atoms with Crippen molar-refractivity contribution >= 4 is 5.97 Å². The molecular formula is C17H20N2O3. The number of aromatic nitrogens is 2. The van der Waals surface area contributed by atoms with Crippen molar-refractivity contribution in [3.63, 3.8) is 0 Å². The Morgan fingerprint density at radius 2 is 1.82 bits per heavy atom. The van der Waals surface area contributed by atoms with Gasteiger partial charge in [0.05, 0.1) is 11.1 Å². The molecule has 22 heavy (non-hydrogen) atoms. The molecule has 1 aromatic carbocycles. The molecule has 1 heterocycles. The molecule has 1 aliphatic carbocycles. The number of carboxylic acid groups (broad SMARTS) is 1. The van der Waals surface area contributed by atoms with Gasteiger partial charge in [0.25, 0.3) is 0 Å². The van der Waals surface area contributed by atoms with Crippen molar-refractivity contribution in [1.29, 1.82) is 0 Å². The van der Waals surface area contributed by atoms with Crippen LogP contribution in [-0.2, 0) is 10.2 Å². The fourth-order valence-corrected chi connectivity index (χ4v) is 3.08. The van der Waals surface area contributed by atoms with E-state index in [1.807, 2.05) is 38.1 Å². The van der Waals surface area contributed by atoms with Gasteiger partial charge < -0.3 is 5.11 Å². The molecule has 0 spiro atoms. The Kier molecular flexibility index (Phi) is 3.43. The molecule has 0 unspecified atom stereocenters. The molecule has 0 amide bonds. The molecule has 0 saturated heterocycles. The smallest absolute Gasteiger partial charge is 0.332 e. The predicted molar refractivity (Wildman–Crippen MR) is 83.6 cm³/mol. The number of hydrogen-bond donors (Lipinski definition) is 1. The quantitative estimate of drug-likeness (QED) is 0.944. The van der Waals surface area contributed by atoms with Crippen LogP contribution in [0.5, 0.6) is 0 Å². The van der Waals surface area contributed by atoms with Gasteiger partial charge in [-0.25, -0.2) is 4.79 Å². The first kappa shape index (κ1) is 14.6. The van der Waals surface area contributed by atoms with Gasteiger partial charge in [-0.3, -0.25) is 13.9 Å². The summed E-state index contributed by atoms with van der Waals surface area (Å²) in [5.74, 6) is -0.755. The summed E-state index contributed by atoms with van der Waals surface area (Å²) in [6, 6.07) is 7.43. The van der Waals surface area contributed by atoms with E-state index in [9.17, 15) is 14.7 Å². The maximum Gasteiger partial charge on any atom is 0.332 e.